The number of unbranched alkanes of at least 4 members (excludes halogenated alkanes) is 1. The molecule has 5 heteroatoms. The summed E-state index contributed by atoms with van der Waals surface area (Å²) in [5, 5.41) is 10.5. The highest BCUT2D eigenvalue weighted by atomic mass is 16.6. The Balaban J connectivity index is 2.01. The summed E-state index contributed by atoms with van der Waals surface area (Å²) in [4.78, 5) is 21.9. The van der Waals surface area contributed by atoms with Crippen LogP contribution in [-0.2, 0) is 6.42 Å². The number of carbonyl (C=O) groups excluding carboxylic acids is 1. The van der Waals surface area contributed by atoms with E-state index in [0.29, 0.717) is 5.56 Å². The largest absolute Gasteiger partial charge is 0.433 e. The zero-order valence-electron chi connectivity index (χ0n) is 12.3. The Kier molecular flexibility index (Phi) is 5.25. The van der Waals surface area contributed by atoms with Crippen LogP contribution in [0.15, 0.2) is 46.9 Å². The van der Waals surface area contributed by atoms with Crippen molar-refractivity contribution in [2.75, 3.05) is 0 Å². The van der Waals surface area contributed by atoms with E-state index in [9.17, 15) is 14.9 Å². The molecule has 1 heterocycles. The van der Waals surface area contributed by atoms with Gasteiger partial charge in [-0.15, -0.1) is 0 Å². The number of carbonyl (C=O) groups is 1. The number of furan rings is 1. The summed E-state index contributed by atoms with van der Waals surface area (Å²) in [6.45, 7) is 2.14. The molecule has 1 aromatic carbocycles. The maximum atomic E-state index is 12.0. The van der Waals surface area contributed by atoms with Gasteiger partial charge in [0.1, 0.15) is 10.7 Å². The maximum absolute atomic E-state index is 12.0. The van der Waals surface area contributed by atoms with Crippen molar-refractivity contribution in [2.24, 2.45) is 0 Å². The highest BCUT2D eigenvalue weighted by molar-refractivity contribution is 6.06. The number of nitro groups is 1. The number of allylic oxidation sites excluding steroid dienone is 1. The average Bonchev–Trinajstić information content (AvgIpc) is 3.00. The van der Waals surface area contributed by atoms with Crippen LogP contribution >= 0.6 is 0 Å². The zero-order valence-corrected chi connectivity index (χ0v) is 12.3. The minimum Gasteiger partial charge on any atom is -0.401 e. The van der Waals surface area contributed by atoms with Crippen molar-refractivity contribution in [3.63, 3.8) is 0 Å². The van der Waals surface area contributed by atoms with Gasteiger partial charge in [-0.05, 0) is 36.6 Å². The van der Waals surface area contributed by atoms with Crippen molar-refractivity contribution in [1.82, 2.24) is 0 Å². The van der Waals surface area contributed by atoms with Gasteiger partial charge in [0.05, 0.1) is 6.07 Å². The fourth-order valence-corrected chi connectivity index (χ4v) is 2.00. The van der Waals surface area contributed by atoms with Crippen molar-refractivity contribution in [3.8, 4) is 0 Å². The molecule has 0 spiro atoms. The standard InChI is InChI=1S/C17H17NO4/c1-2-3-4-13-5-7-14(8-6-13)16(19)11-9-15-10-12-17(22-15)18(20)21/h5-12H,2-4H2,1H3/b11-9+. The first-order valence-corrected chi connectivity index (χ1v) is 7.15. The quantitative estimate of drug-likeness (QED) is 0.328. The molecule has 2 rings (SSSR count). The Morgan fingerprint density at radius 3 is 2.55 bits per heavy atom. The summed E-state index contributed by atoms with van der Waals surface area (Å²) < 4.78 is 4.96. The monoisotopic (exact) mass is 299 g/mol. The highest BCUT2D eigenvalue weighted by Crippen LogP contribution is 2.17. The Hall–Kier alpha value is -2.69. The molecule has 0 radical (unpaired) electrons. The lowest BCUT2D eigenvalue weighted by molar-refractivity contribution is -0.402. The number of hydrogen-bond donors (Lipinski definition) is 0. The lowest BCUT2D eigenvalue weighted by Gasteiger charge is -2.01. The third-order valence-corrected chi connectivity index (χ3v) is 3.25. The topological polar surface area (TPSA) is 73.3 Å². The molecule has 1 aromatic heterocycles. The van der Waals surface area contributed by atoms with Crippen molar-refractivity contribution in [1.29, 1.82) is 0 Å². The third-order valence-electron chi connectivity index (χ3n) is 3.25. The first-order chi connectivity index (χ1) is 10.6. The average molecular weight is 299 g/mol. The lowest BCUT2D eigenvalue weighted by atomic mass is 10.0. The van der Waals surface area contributed by atoms with Gasteiger partial charge in [-0.25, -0.2) is 0 Å². The Labute approximate surface area is 128 Å². The van der Waals surface area contributed by atoms with Gasteiger partial charge in [0.2, 0.25) is 0 Å². The normalized spacial score (nSPS) is 11.0. The Morgan fingerprint density at radius 1 is 1.23 bits per heavy atom. The first-order valence-electron chi connectivity index (χ1n) is 7.15. The molecule has 0 bridgehead atoms. The summed E-state index contributed by atoms with van der Waals surface area (Å²) in [5.74, 6) is -0.229. The van der Waals surface area contributed by atoms with Crippen LogP contribution < -0.4 is 0 Å². The van der Waals surface area contributed by atoms with Gasteiger partial charge in [-0.1, -0.05) is 37.6 Å². The predicted octanol–water partition coefficient (Wildman–Crippen LogP) is 4.43. The minimum absolute atomic E-state index is 0.166. The number of rotatable bonds is 7. The van der Waals surface area contributed by atoms with E-state index in [1.807, 2.05) is 12.1 Å². The van der Waals surface area contributed by atoms with Gasteiger partial charge in [-0.3, -0.25) is 14.9 Å². The van der Waals surface area contributed by atoms with Crippen LogP contribution in [0.2, 0.25) is 0 Å². The maximum Gasteiger partial charge on any atom is 0.433 e. The number of hydrogen-bond acceptors (Lipinski definition) is 4. The summed E-state index contributed by atoms with van der Waals surface area (Å²) in [7, 11) is 0. The van der Waals surface area contributed by atoms with Crippen LogP contribution in [0.1, 0.15) is 41.4 Å². The molecular formula is C17H17NO4. The second-order valence-corrected chi connectivity index (χ2v) is 4.93. The summed E-state index contributed by atoms with van der Waals surface area (Å²) >= 11 is 0. The van der Waals surface area contributed by atoms with Crippen LogP contribution in [-0.4, -0.2) is 10.7 Å². The number of benzene rings is 1. The Morgan fingerprint density at radius 2 is 1.95 bits per heavy atom. The smallest absolute Gasteiger partial charge is 0.401 e. The van der Waals surface area contributed by atoms with E-state index < -0.39 is 4.92 Å². The molecule has 2 aromatic rings. The summed E-state index contributed by atoms with van der Waals surface area (Å²) in [6.07, 6.45) is 6.06. The van der Waals surface area contributed by atoms with Crippen LogP contribution in [0.4, 0.5) is 5.88 Å². The van der Waals surface area contributed by atoms with Crippen molar-refractivity contribution < 1.29 is 14.1 Å². The lowest BCUT2D eigenvalue weighted by Crippen LogP contribution is -1.94. The molecule has 0 aliphatic carbocycles. The van der Waals surface area contributed by atoms with Crippen LogP contribution in [0, 0.1) is 10.1 Å². The van der Waals surface area contributed by atoms with Crippen molar-refractivity contribution >= 4 is 17.7 Å². The van der Waals surface area contributed by atoms with Crippen molar-refractivity contribution in [3.05, 3.63) is 69.5 Å². The molecule has 0 atom stereocenters. The molecule has 0 saturated heterocycles. The van der Waals surface area contributed by atoms with E-state index in [-0.39, 0.29) is 17.4 Å². The van der Waals surface area contributed by atoms with Gasteiger partial charge in [-0.2, -0.15) is 0 Å². The fraction of sp³-hybridized carbons (Fsp3) is 0.235. The molecule has 0 saturated carbocycles. The molecule has 0 unspecified atom stereocenters. The van der Waals surface area contributed by atoms with Crippen LogP contribution in [0.5, 0.6) is 0 Å². The van der Waals surface area contributed by atoms with Gasteiger partial charge in [0.25, 0.3) is 0 Å². The fourth-order valence-electron chi connectivity index (χ4n) is 2.00. The Bertz CT molecular complexity index is 683. The van der Waals surface area contributed by atoms with E-state index in [1.54, 1.807) is 12.1 Å². The van der Waals surface area contributed by atoms with Gasteiger partial charge < -0.3 is 4.42 Å². The molecule has 0 amide bonds. The molecule has 22 heavy (non-hydrogen) atoms. The first kappa shape index (κ1) is 15.7. The minimum atomic E-state index is -0.617. The number of aryl methyl sites for hydroxylation is 1. The second kappa shape index (κ2) is 7.36. The van der Waals surface area contributed by atoms with Crippen LogP contribution in [0.25, 0.3) is 6.08 Å². The predicted molar refractivity (Wildman–Crippen MR) is 83.8 cm³/mol. The van der Waals surface area contributed by atoms with Gasteiger partial charge in [0.15, 0.2) is 5.78 Å². The van der Waals surface area contributed by atoms with Gasteiger partial charge >= 0.3 is 5.88 Å². The third kappa shape index (κ3) is 4.15. The number of ketones is 1. The highest BCUT2D eigenvalue weighted by Gasteiger charge is 2.10. The van der Waals surface area contributed by atoms with E-state index >= 15 is 0 Å². The molecule has 114 valence electrons. The molecule has 0 aliphatic rings. The van der Waals surface area contributed by atoms with E-state index in [0.717, 1.165) is 19.3 Å². The van der Waals surface area contributed by atoms with Crippen molar-refractivity contribution in [2.45, 2.75) is 26.2 Å². The van der Waals surface area contributed by atoms with Gasteiger partial charge in [0, 0.05) is 5.56 Å². The molecule has 0 aliphatic heterocycles. The molecule has 0 N–H and O–H groups in total. The van der Waals surface area contributed by atoms with Crippen LogP contribution in [0.3, 0.4) is 0 Å². The van der Waals surface area contributed by atoms with E-state index in [2.05, 4.69) is 6.92 Å². The number of nitrogens with zero attached hydrogens (tertiary/aromatic N) is 1. The summed E-state index contributed by atoms with van der Waals surface area (Å²) in [5.41, 5.74) is 1.79. The zero-order chi connectivity index (χ0) is 15.9. The van der Waals surface area contributed by atoms with E-state index in [1.165, 1.54) is 29.8 Å². The summed E-state index contributed by atoms with van der Waals surface area (Å²) in [6, 6.07) is 10.2. The SMILES string of the molecule is CCCCc1ccc(C(=O)/C=C/c2ccc([N+](=O)[O-])o2)cc1. The van der Waals surface area contributed by atoms with E-state index in [4.69, 9.17) is 4.42 Å². The molecule has 5 nitrogen and oxygen atoms in total. The second-order valence-electron chi connectivity index (χ2n) is 4.93. The molecule has 0 fully saturated rings. The molecular weight excluding hydrogens is 282 g/mol.